The number of nitro benzene ring substituents is 1. The van der Waals surface area contributed by atoms with Gasteiger partial charge in [-0.1, -0.05) is 0 Å². The minimum absolute atomic E-state index is 0.0181. The maximum atomic E-state index is 10.5. The number of non-ortho nitro benzene ring substituents is 1. The zero-order chi connectivity index (χ0) is 10.8. The summed E-state index contributed by atoms with van der Waals surface area (Å²) in [5, 5.41) is 10.5. The van der Waals surface area contributed by atoms with Gasteiger partial charge in [0.05, 0.1) is 11.0 Å². The van der Waals surface area contributed by atoms with Gasteiger partial charge in [-0.25, -0.2) is 0 Å². The largest absolute Gasteiger partial charge is 0.448 e. The normalized spacial score (nSPS) is 17.8. The molecule has 0 amide bonds. The Balaban J connectivity index is 2.20. The Hall–Kier alpha value is -1.82. The molecule has 0 fully saturated rings. The van der Waals surface area contributed by atoms with Gasteiger partial charge >= 0.3 is 0 Å². The van der Waals surface area contributed by atoms with Crippen molar-refractivity contribution in [1.82, 2.24) is 0 Å². The number of fused-ring (bicyclic) bond motifs is 1. The molecule has 0 aliphatic carbocycles. The minimum atomic E-state index is -0.521. The fourth-order valence-corrected chi connectivity index (χ4v) is 1.31. The van der Waals surface area contributed by atoms with Gasteiger partial charge in [0.1, 0.15) is 6.61 Å². The van der Waals surface area contributed by atoms with Gasteiger partial charge in [-0.15, -0.1) is 0 Å². The van der Waals surface area contributed by atoms with Crippen LogP contribution in [0.2, 0.25) is 0 Å². The van der Waals surface area contributed by atoms with Crippen LogP contribution in [0.25, 0.3) is 0 Å². The van der Waals surface area contributed by atoms with E-state index >= 15 is 0 Å². The van der Waals surface area contributed by atoms with E-state index in [2.05, 4.69) is 0 Å². The Bertz CT molecular complexity index is 392. The smallest absolute Gasteiger partial charge is 0.273 e. The zero-order valence-electron chi connectivity index (χ0n) is 8.00. The molecule has 0 bridgehead atoms. The second-order valence-corrected chi connectivity index (χ2v) is 3.01. The molecule has 80 valence electrons. The van der Waals surface area contributed by atoms with E-state index in [0.717, 1.165) is 0 Å². The Morgan fingerprint density at radius 3 is 2.87 bits per heavy atom. The number of methoxy groups -OCH3 is 1. The second-order valence-electron chi connectivity index (χ2n) is 3.01. The molecule has 1 unspecified atom stereocenters. The summed E-state index contributed by atoms with van der Waals surface area (Å²) in [7, 11) is 1.53. The number of benzene rings is 1. The molecule has 2 rings (SSSR count). The first-order valence-electron chi connectivity index (χ1n) is 4.31. The summed E-state index contributed by atoms with van der Waals surface area (Å²) < 4.78 is 15.4. The molecular formula is C9H9NO5. The average molecular weight is 211 g/mol. The van der Waals surface area contributed by atoms with Crippen molar-refractivity contribution in [3.05, 3.63) is 28.3 Å². The number of nitrogens with zero attached hydrogens (tertiary/aromatic N) is 1. The molecule has 1 aliphatic heterocycles. The van der Waals surface area contributed by atoms with Crippen molar-refractivity contribution < 1.29 is 19.1 Å². The first kappa shape index (κ1) is 9.72. The van der Waals surface area contributed by atoms with Crippen LogP contribution in [0.5, 0.6) is 11.5 Å². The Kier molecular flexibility index (Phi) is 2.42. The van der Waals surface area contributed by atoms with Crippen molar-refractivity contribution in [3.8, 4) is 11.5 Å². The van der Waals surface area contributed by atoms with Gasteiger partial charge in [-0.3, -0.25) is 10.1 Å². The molecule has 0 aromatic heterocycles. The lowest BCUT2D eigenvalue weighted by atomic mass is 10.3. The lowest BCUT2D eigenvalue weighted by Gasteiger charge is -2.07. The maximum absolute atomic E-state index is 10.5. The third-order valence-electron chi connectivity index (χ3n) is 1.96. The van der Waals surface area contributed by atoms with Crippen LogP contribution in [0.3, 0.4) is 0 Å². The summed E-state index contributed by atoms with van der Waals surface area (Å²) in [6, 6.07) is 4.23. The summed E-state index contributed by atoms with van der Waals surface area (Å²) in [6.45, 7) is 0.280. The highest BCUT2D eigenvalue weighted by atomic mass is 16.7. The average Bonchev–Trinajstić information content (AvgIpc) is 2.59. The van der Waals surface area contributed by atoms with Crippen LogP contribution in [0.1, 0.15) is 0 Å². The van der Waals surface area contributed by atoms with E-state index in [1.807, 2.05) is 0 Å². The van der Waals surface area contributed by atoms with Crippen LogP contribution in [-0.2, 0) is 4.74 Å². The topological polar surface area (TPSA) is 70.8 Å². The first-order valence-corrected chi connectivity index (χ1v) is 4.31. The fraction of sp³-hybridized carbons (Fsp3) is 0.333. The molecule has 0 radical (unpaired) electrons. The van der Waals surface area contributed by atoms with Crippen molar-refractivity contribution in [2.24, 2.45) is 0 Å². The monoisotopic (exact) mass is 211 g/mol. The molecule has 15 heavy (non-hydrogen) atoms. The van der Waals surface area contributed by atoms with Crippen LogP contribution in [0.4, 0.5) is 5.69 Å². The lowest BCUT2D eigenvalue weighted by molar-refractivity contribution is -0.384. The van der Waals surface area contributed by atoms with E-state index in [4.69, 9.17) is 14.2 Å². The summed E-state index contributed by atoms with van der Waals surface area (Å²) in [5.41, 5.74) is -0.0181. The molecular weight excluding hydrogens is 202 g/mol. The van der Waals surface area contributed by atoms with E-state index in [0.29, 0.717) is 11.5 Å². The molecule has 6 nitrogen and oxygen atoms in total. The van der Waals surface area contributed by atoms with Crippen molar-refractivity contribution in [1.29, 1.82) is 0 Å². The third kappa shape index (κ3) is 1.84. The van der Waals surface area contributed by atoms with Crippen molar-refractivity contribution in [2.45, 2.75) is 6.29 Å². The Morgan fingerprint density at radius 2 is 2.20 bits per heavy atom. The highest BCUT2D eigenvalue weighted by Gasteiger charge is 2.25. The number of ether oxygens (including phenoxy) is 3. The van der Waals surface area contributed by atoms with Gasteiger partial charge in [0.25, 0.3) is 12.0 Å². The van der Waals surface area contributed by atoms with Gasteiger partial charge in [-0.05, 0) is 6.07 Å². The highest BCUT2D eigenvalue weighted by molar-refractivity contribution is 5.50. The molecule has 0 spiro atoms. The maximum Gasteiger partial charge on any atom is 0.273 e. The number of hydrogen-bond donors (Lipinski definition) is 0. The summed E-state index contributed by atoms with van der Waals surface area (Å²) in [4.78, 5) is 10.0. The zero-order valence-corrected chi connectivity index (χ0v) is 8.00. The van der Waals surface area contributed by atoms with E-state index in [9.17, 15) is 10.1 Å². The van der Waals surface area contributed by atoms with Crippen molar-refractivity contribution in [3.63, 3.8) is 0 Å². The van der Waals surface area contributed by atoms with Crippen LogP contribution in [0.15, 0.2) is 18.2 Å². The molecule has 0 saturated carbocycles. The Morgan fingerprint density at radius 1 is 1.47 bits per heavy atom. The molecule has 1 aromatic carbocycles. The van der Waals surface area contributed by atoms with Gasteiger partial charge < -0.3 is 14.2 Å². The van der Waals surface area contributed by atoms with Gasteiger partial charge in [0.2, 0.25) is 0 Å². The van der Waals surface area contributed by atoms with E-state index < -0.39 is 11.2 Å². The minimum Gasteiger partial charge on any atom is -0.448 e. The molecule has 1 aliphatic rings. The first-order chi connectivity index (χ1) is 7.20. The van der Waals surface area contributed by atoms with Crippen LogP contribution in [-0.4, -0.2) is 24.9 Å². The SMILES string of the molecule is COCC1Oc2ccc([N+](=O)[O-])cc2O1. The van der Waals surface area contributed by atoms with Crippen LogP contribution < -0.4 is 9.47 Å². The number of nitro groups is 1. The highest BCUT2D eigenvalue weighted by Crippen LogP contribution is 2.37. The van der Waals surface area contributed by atoms with Gasteiger partial charge in [0.15, 0.2) is 11.5 Å². The van der Waals surface area contributed by atoms with Crippen LogP contribution >= 0.6 is 0 Å². The molecule has 1 atom stereocenters. The molecule has 6 heteroatoms. The molecule has 1 aromatic rings. The molecule has 0 N–H and O–H groups in total. The summed E-state index contributed by atoms with van der Waals surface area (Å²) in [6.07, 6.45) is -0.521. The van der Waals surface area contributed by atoms with Crippen LogP contribution in [0, 0.1) is 10.1 Å². The standard InChI is InChI=1S/C9H9NO5/c1-13-5-9-14-7-3-2-6(10(11)12)4-8(7)15-9/h2-4,9H,5H2,1H3. The van der Waals surface area contributed by atoms with Crippen molar-refractivity contribution in [2.75, 3.05) is 13.7 Å². The molecule has 0 saturated heterocycles. The summed E-state index contributed by atoms with van der Waals surface area (Å²) in [5.74, 6) is 0.883. The third-order valence-corrected chi connectivity index (χ3v) is 1.96. The lowest BCUT2D eigenvalue weighted by Crippen LogP contribution is -2.23. The quantitative estimate of drug-likeness (QED) is 0.557. The second kappa shape index (κ2) is 3.74. The van der Waals surface area contributed by atoms with Crippen molar-refractivity contribution >= 4 is 5.69 Å². The van der Waals surface area contributed by atoms with E-state index in [1.54, 1.807) is 0 Å². The van der Waals surface area contributed by atoms with E-state index in [-0.39, 0.29) is 12.3 Å². The van der Waals surface area contributed by atoms with Gasteiger partial charge in [0, 0.05) is 13.2 Å². The Labute approximate surface area is 85.5 Å². The summed E-state index contributed by atoms with van der Waals surface area (Å²) >= 11 is 0. The van der Waals surface area contributed by atoms with E-state index in [1.165, 1.54) is 25.3 Å². The van der Waals surface area contributed by atoms with Gasteiger partial charge in [-0.2, -0.15) is 0 Å². The fourth-order valence-electron chi connectivity index (χ4n) is 1.31. The number of hydrogen-bond acceptors (Lipinski definition) is 5. The number of rotatable bonds is 3. The predicted molar refractivity (Wildman–Crippen MR) is 50.0 cm³/mol. The predicted octanol–water partition coefficient (Wildman–Crippen LogP) is 1.34. The molecule has 1 heterocycles.